The van der Waals surface area contributed by atoms with Crippen LogP contribution in [0.15, 0.2) is 48.5 Å². The van der Waals surface area contributed by atoms with Crippen molar-refractivity contribution in [3.8, 4) is 0 Å². The Labute approximate surface area is 232 Å². The molecular formula is C29H35ClF3N3O3. The Morgan fingerprint density at radius 2 is 1.72 bits per heavy atom. The van der Waals surface area contributed by atoms with E-state index < -0.39 is 23.2 Å². The number of carbonyl (C=O) groups is 2. The van der Waals surface area contributed by atoms with Crippen LogP contribution < -0.4 is 4.90 Å². The maximum atomic E-state index is 13.9. The largest absolute Gasteiger partial charge is 0.430 e. The Morgan fingerprint density at radius 1 is 1.08 bits per heavy atom. The molecule has 2 aromatic carbocycles. The number of benzene rings is 2. The molecule has 212 valence electrons. The monoisotopic (exact) mass is 565 g/mol. The highest BCUT2D eigenvalue weighted by atomic mass is 35.5. The fourth-order valence-corrected chi connectivity index (χ4v) is 6.04. The van der Waals surface area contributed by atoms with Crippen LogP contribution in [0.4, 0.5) is 18.9 Å². The van der Waals surface area contributed by atoms with E-state index in [2.05, 4.69) is 4.90 Å². The van der Waals surface area contributed by atoms with Gasteiger partial charge in [0.2, 0.25) is 0 Å². The number of carbonyl (C=O) groups excluding carboxylic acids is 2. The van der Waals surface area contributed by atoms with Crippen molar-refractivity contribution in [2.75, 3.05) is 45.7 Å². The van der Waals surface area contributed by atoms with Gasteiger partial charge in [0.1, 0.15) is 0 Å². The number of amides is 2. The van der Waals surface area contributed by atoms with Crippen LogP contribution >= 0.6 is 11.6 Å². The fraction of sp³-hybridized carbons (Fsp3) is 0.517. The molecule has 1 heterocycles. The molecule has 2 aromatic rings. The number of hydrogen-bond donors (Lipinski definition) is 1. The number of likely N-dealkylation sites (tertiary alicyclic amines) is 1. The first-order valence-corrected chi connectivity index (χ1v) is 13.5. The molecule has 1 N–H and O–H groups in total. The average molecular weight is 566 g/mol. The number of nitrogens with zero attached hydrogens (tertiary/aromatic N) is 3. The van der Waals surface area contributed by atoms with Gasteiger partial charge in [0.25, 0.3) is 17.4 Å². The first kappa shape index (κ1) is 29.2. The van der Waals surface area contributed by atoms with Gasteiger partial charge in [-0.2, -0.15) is 13.2 Å². The van der Waals surface area contributed by atoms with Crippen LogP contribution in [0.5, 0.6) is 0 Å². The second-order valence-corrected chi connectivity index (χ2v) is 11.5. The Morgan fingerprint density at radius 3 is 2.28 bits per heavy atom. The lowest BCUT2D eigenvalue weighted by Crippen LogP contribution is -2.57. The van der Waals surface area contributed by atoms with Gasteiger partial charge < -0.3 is 19.8 Å². The number of rotatable bonds is 8. The number of piperidine rings is 1. The average Bonchev–Trinajstić information content (AvgIpc) is 3.58. The van der Waals surface area contributed by atoms with Gasteiger partial charge in [-0.1, -0.05) is 41.9 Å². The van der Waals surface area contributed by atoms with Crippen LogP contribution in [0.3, 0.4) is 0 Å². The molecule has 4 rings (SSSR count). The van der Waals surface area contributed by atoms with E-state index in [1.54, 1.807) is 32.3 Å². The van der Waals surface area contributed by atoms with E-state index in [0.29, 0.717) is 29.3 Å². The van der Waals surface area contributed by atoms with Crippen molar-refractivity contribution in [1.82, 2.24) is 9.80 Å². The molecule has 2 fully saturated rings. The third-order valence-electron chi connectivity index (χ3n) is 8.39. The summed E-state index contributed by atoms with van der Waals surface area (Å²) in [5, 5.41) is 11.0. The smallest absolute Gasteiger partial charge is 0.375 e. The van der Waals surface area contributed by atoms with Crippen LogP contribution in [0.25, 0.3) is 0 Å². The summed E-state index contributed by atoms with van der Waals surface area (Å²) in [5.41, 5.74) is -2.57. The SMILES string of the molecule is CN(C)C(=O)c1ccc(N(C)CCC[C@@H]2CC23CCN(C(=O)[C@](O)(c2ccccc2)C(F)(F)F)CC3)cc1Cl. The number of hydrogen-bond acceptors (Lipinski definition) is 4. The normalized spacial score (nSPS) is 19.9. The van der Waals surface area contributed by atoms with Gasteiger partial charge in [0, 0.05) is 52.0 Å². The van der Waals surface area contributed by atoms with Crippen molar-refractivity contribution >= 4 is 29.1 Å². The molecule has 10 heteroatoms. The third-order valence-corrected chi connectivity index (χ3v) is 8.71. The highest BCUT2D eigenvalue weighted by Crippen LogP contribution is 2.61. The maximum Gasteiger partial charge on any atom is 0.430 e. The molecule has 2 amide bonds. The molecular weight excluding hydrogens is 531 g/mol. The molecule has 0 bridgehead atoms. The second-order valence-electron chi connectivity index (χ2n) is 11.1. The molecule has 39 heavy (non-hydrogen) atoms. The zero-order valence-electron chi connectivity index (χ0n) is 22.5. The van der Waals surface area contributed by atoms with E-state index >= 15 is 0 Å². The van der Waals surface area contributed by atoms with E-state index in [0.717, 1.165) is 43.6 Å². The highest BCUT2D eigenvalue weighted by molar-refractivity contribution is 6.34. The molecule has 1 spiro atoms. The fourth-order valence-electron chi connectivity index (χ4n) is 5.78. The van der Waals surface area contributed by atoms with Gasteiger partial charge in [-0.05, 0) is 61.6 Å². The summed E-state index contributed by atoms with van der Waals surface area (Å²) in [4.78, 5) is 29.9. The van der Waals surface area contributed by atoms with Crippen molar-refractivity contribution < 1.29 is 27.9 Å². The molecule has 1 saturated heterocycles. The highest BCUT2D eigenvalue weighted by Gasteiger charge is 2.63. The van der Waals surface area contributed by atoms with Gasteiger partial charge in [0.15, 0.2) is 0 Å². The van der Waals surface area contributed by atoms with E-state index in [9.17, 15) is 27.9 Å². The molecule has 1 aliphatic carbocycles. The molecule has 0 aromatic heterocycles. The van der Waals surface area contributed by atoms with Crippen LogP contribution in [-0.4, -0.2) is 73.7 Å². The number of halogens is 4. The van der Waals surface area contributed by atoms with E-state index in [-0.39, 0.29) is 24.4 Å². The van der Waals surface area contributed by atoms with E-state index in [1.165, 1.54) is 21.9 Å². The number of anilines is 1. The Balaban J connectivity index is 1.28. The topological polar surface area (TPSA) is 64.1 Å². The summed E-state index contributed by atoms with van der Waals surface area (Å²) >= 11 is 6.35. The van der Waals surface area contributed by atoms with Crippen LogP contribution in [0.1, 0.15) is 48.0 Å². The number of aliphatic hydroxyl groups is 1. The summed E-state index contributed by atoms with van der Waals surface area (Å²) in [5.74, 6) is -0.974. The van der Waals surface area contributed by atoms with Gasteiger partial charge in [-0.3, -0.25) is 9.59 Å². The molecule has 2 aliphatic rings. The lowest BCUT2D eigenvalue weighted by atomic mass is 9.86. The second kappa shape index (κ2) is 11.0. The minimum Gasteiger partial charge on any atom is -0.375 e. The van der Waals surface area contributed by atoms with Gasteiger partial charge in [-0.15, -0.1) is 0 Å². The summed E-state index contributed by atoms with van der Waals surface area (Å²) in [6.07, 6.45) is -0.920. The van der Waals surface area contributed by atoms with Crippen molar-refractivity contribution in [2.45, 2.75) is 43.9 Å². The van der Waals surface area contributed by atoms with Gasteiger partial charge >= 0.3 is 6.18 Å². The van der Waals surface area contributed by atoms with E-state index in [1.807, 2.05) is 13.1 Å². The van der Waals surface area contributed by atoms with E-state index in [4.69, 9.17) is 11.6 Å². The Hall–Kier alpha value is -2.78. The molecule has 0 radical (unpaired) electrons. The van der Waals surface area contributed by atoms with Gasteiger partial charge in [-0.25, -0.2) is 0 Å². The number of alkyl halides is 3. The maximum absolute atomic E-state index is 13.9. The minimum absolute atomic E-state index is 0.0654. The third kappa shape index (κ3) is 5.75. The first-order chi connectivity index (χ1) is 18.3. The van der Waals surface area contributed by atoms with Crippen molar-refractivity contribution in [3.05, 3.63) is 64.7 Å². The minimum atomic E-state index is -5.12. The lowest BCUT2D eigenvalue weighted by molar-refractivity contribution is -0.262. The summed E-state index contributed by atoms with van der Waals surface area (Å²) in [6, 6.07) is 12.0. The zero-order chi connectivity index (χ0) is 28.6. The predicted octanol–water partition coefficient (Wildman–Crippen LogP) is 5.34. The predicted molar refractivity (Wildman–Crippen MR) is 145 cm³/mol. The summed E-state index contributed by atoms with van der Waals surface area (Å²) < 4.78 is 41.8. The van der Waals surface area contributed by atoms with Crippen molar-refractivity contribution in [2.24, 2.45) is 11.3 Å². The standard InChI is InChI=1S/C29H35ClF3N3O3/c1-34(2)25(37)23-12-11-22(18-24(23)30)35(3)15-7-10-21-19-27(21)13-16-36(17-14-27)26(38)28(39,29(31,32)33)20-8-5-4-6-9-20/h4-6,8-9,11-12,18,21,39H,7,10,13-17,19H2,1-3H3/t21-,28-/m1/s1. The Kier molecular flexibility index (Phi) is 8.24. The molecule has 2 atom stereocenters. The molecule has 6 nitrogen and oxygen atoms in total. The quantitative estimate of drug-likeness (QED) is 0.469. The molecule has 1 saturated carbocycles. The van der Waals surface area contributed by atoms with Gasteiger partial charge in [0.05, 0.1) is 10.6 Å². The lowest BCUT2D eigenvalue weighted by Gasteiger charge is -2.39. The van der Waals surface area contributed by atoms with Crippen molar-refractivity contribution in [3.63, 3.8) is 0 Å². The molecule has 1 aliphatic heterocycles. The zero-order valence-corrected chi connectivity index (χ0v) is 23.2. The van der Waals surface area contributed by atoms with Crippen molar-refractivity contribution in [1.29, 1.82) is 0 Å². The summed E-state index contributed by atoms with van der Waals surface area (Å²) in [6.45, 7) is 1.21. The Bertz CT molecular complexity index is 1200. The first-order valence-electron chi connectivity index (χ1n) is 13.2. The van der Waals surface area contributed by atoms with Crippen LogP contribution in [0.2, 0.25) is 5.02 Å². The summed E-state index contributed by atoms with van der Waals surface area (Å²) in [7, 11) is 5.33. The van der Waals surface area contributed by atoms with Crippen LogP contribution in [0, 0.1) is 11.3 Å². The molecule has 0 unspecified atom stereocenters. The van der Waals surface area contributed by atoms with Crippen LogP contribution in [-0.2, 0) is 10.4 Å².